The Morgan fingerprint density at radius 2 is 1.86 bits per heavy atom. The molecule has 0 N–H and O–H groups in total. The number of esters is 1. The largest absolute Gasteiger partial charge is 0.426 e. The highest BCUT2D eigenvalue weighted by atomic mass is 16.5. The van der Waals surface area contributed by atoms with E-state index in [1.165, 1.54) is 0 Å². The highest BCUT2D eigenvalue weighted by molar-refractivity contribution is 5.75. The quantitative estimate of drug-likeness (QED) is 0.440. The first-order valence-electron chi connectivity index (χ1n) is 7.01. The van der Waals surface area contributed by atoms with Gasteiger partial charge in [-0.2, -0.15) is 0 Å². The van der Waals surface area contributed by atoms with Gasteiger partial charge in [0.1, 0.15) is 18.3 Å². The van der Waals surface area contributed by atoms with Crippen LogP contribution in [0.5, 0.6) is 5.75 Å². The first kappa shape index (κ1) is 17.1. The van der Waals surface area contributed by atoms with Crippen LogP contribution in [0.3, 0.4) is 0 Å². The van der Waals surface area contributed by atoms with Crippen LogP contribution in [0.2, 0.25) is 0 Å². The van der Waals surface area contributed by atoms with Crippen molar-refractivity contribution in [3.63, 3.8) is 0 Å². The first-order valence-corrected chi connectivity index (χ1v) is 7.01. The molecule has 0 saturated heterocycles. The Labute approximate surface area is 125 Å². The van der Waals surface area contributed by atoms with Crippen molar-refractivity contribution in [3.05, 3.63) is 28.8 Å². The lowest BCUT2D eigenvalue weighted by Crippen LogP contribution is -2.22. The van der Waals surface area contributed by atoms with Crippen LogP contribution in [0.1, 0.15) is 49.8 Å². The molecule has 1 aromatic rings. The van der Waals surface area contributed by atoms with Crippen LogP contribution in [0, 0.1) is 13.8 Å². The van der Waals surface area contributed by atoms with E-state index in [1.807, 2.05) is 33.8 Å². The summed E-state index contributed by atoms with van der Waals surface area (Å²) in [5.41, 5.74) is 2.41. The molecule has 4 nitrogen and oxygen atoms in total. The Kier molecular flexibility index (Phi) is 5.82. The summed E-state index contributed by atoms with van der Waals surface area (Å²) in [5, 5.41) is 0. The fraction of sp³-hybridized carbons (Fsp3) is 0.471. The van der Waals surface area contributed by atoms with Gasteiger partial charge in [0.05, 0.1) is 6.42 Å². The van der Waals surface area contributed by atoms with Gasteiger partial charge in [-0.05, 0) is 31.0 Å². The van der Waals surface area contributed by atoms with Crippen molar-refractivity contribution in [3.8, 4) is 5.75 Å². The topological polar surface area (TPSA) is 60.4 Å². The Balaban J connectivity index is 3.20. The summed E-state index contributed by atoms with van der Waals surface area (Å²) < 4.78 is 5.43. The van der Waals surface area contributed by atoms with Gasteiger partial charge in [-0.25, -0.2) is 0 Å². The van der Waals surface area contributed by atoms with Crippen LogP contribution in [0.15, 0.2) is 12.1 Å². The van der Waals surface area contributed by atoms with Gasteiger partial charge in [-0.3, -0.25) is 4.79 Å². The van der Waals surface area contributed by atoms with Gasteiger partial charge >= 0.3 is 5.97 Å². The van der Waals surface area contributed by atoms with Crippen LogP contribution in [-0.4, -0.2) is 18.5 Å². The summed E-state index contributed by atoms with van der Waals surface area (Å²) in [6.45, 7) is 7.76. The molecule has 0 spiro atoms. The van der Waals surface area contributed by atoms with Crippen molar-refractivity contribution in [2.45, 2.75) is 52.4 Å². The number of benzene rings is 1. The first-order chi connectivity index (χ1) is 9.81. The van der Waals surface area contributed by atoms with E-state index >= 15 is 0 Å². The molecule has 0 saturated carbocycles. The molecule has 114 valence electrons. The number of rotatable bonds is 7. The Morgan fingerprint density at radius 3 is 2.43 bits per heavy atom. The Hall–Kier alpha value is -1.97. The molecule has 1 rings (SSSR count). The third kappa shape index (κ3) is 4.52. The normalized spacial score (nSPS) is 11.0. The van der Waals surface area contributed by atoms with E-state index in [1.54, 1.807) is 6.07 Å². The summed E-state index contributed by atoms with van der Waals surface area (Å²) in [5.74, 6) is 0.0468. The number of ether oxygens (including phenoxy) is 1. The second kappa shape index (κ2) is 7.16. The maximum Gasteiger partial charge on any atom is 0.311 e. The molecule has 0 bridgehead atoms. The highest BCUT2D eigenvalue weighted by Crippen LogP contribution is 2.37. The van der Waals surface area contributed by atoms with Crippen molar-refractivity contribution in [1.29, 1.82) is 0 Å². The molecule has 1 aromatic carbocycles. The maximum absolute atomic E-state index is 11.8. The average molecular weight is 290 g/mol. The maximum atomic E-state index is 11.8. The number of aryl methyl sites for hydroxylation is 2. The minimum Gasteiger partial charge on any atom is -0.426 e. The van der Waals surface area contributed by atoms with Crippen molar-refractivity contribution in [2.24, 2.45) is 0 Å². The van der Waals surface area contributed by atoms with E-state index in [0.717, 1.165) is 23.0 Å². The number of aldehydes is 2. The van der Waals surface area contributed by atoms with Gasteiger partial charge in [0, 0.05) is 23.8 Å². The van der Waals surface area contributed by atoms with E-state index in [9.17, 15) is 14.4 Å². The zero-order valence-corrected chi connectivity index (χ0v) is 13.1. The van der Waals surface area contributed by atoms with Crippen LogP contribution in [0.4, 0.5) is 0 Å². The van der Waals surface area contributed by atoms with Crippen LogP contribution in [-0.2, 0) is 19.8 Å². The molecule has 0 radical (unpaired) electrons. The van der Waals surface area contributed by atoms with Crippen molar-refractivity contribution in [1.82, 2.24) is 0 Å². The lowest BCUT2D eigenvalue weighted by atomic mass is 9.78. The van der Waals surface area contributed by atoms with E-state index in [4.69, 9.17) is 4.74 Å². The van der Waals surface area contributed by atoms with Crippen LogP contribution < -0.4 is 4.74 Å². The Bertz CT molecular complexity index is 544. The summed E-state index contributed by atoms with van der Waals surface area (Å²) in [6, 6.07) is 3.80. The molecule has 4 heteroatoms. The molecule has 0 amide bonds. The second-order valence-electron chi connectivity index (χ2n) is 5.89. The molecule has 0 atom stereocenters. The third-order valence-electron chi connectivity index (χ3n) is 3.40. The number of carbonyl (C=O) groups is 3. The van der Waals surface area contributed by atoms with Crippen molar-refractivity contribution < 1.29 is 19.1 Å². The molecule has 21 heavy (non-hydrogen) atoms. The predicted molar refractivity (Wildman–Crippen MR) is 80.6 cm³/mol. The summed E-state index contributed by atoms with van der Waals surface area (Å²) in [7, 11) is 0. The highest BCUT2D eigenvalue weighted by Gasteiger charge is 2.27. The van der Waals surface area contributed by atoms with Crippen LogP contribution in [0.25, 0.3) is 0 Å². The molecular formula is C17H22O4. The molecule has 0 aliphatic carbocycles. The van der Waals surface area contributed by atoms with E-state index in [0.29, 0.717) is 18.5 Å². The monoisotopic (exact) mass is 290 g/mol. The molecule has 0 heterocycles. The van der Waals surface area contributed by atoms with Crippen molar-refractivity contribution >= 4 is 18.5 Å². The van der Waals surface area contributed by atoms with E-state index in [-0.39, 0.29) is 12.8 Å². The van der Waals surface area contributed by atoms with Gasteiger partial charge in [-0.1, -0.05) is 19.9 Å². The average Bonchev–Trinajstić information content (AvgIpc) is 2.34. The van der Waals surface area contributed by atoms with Gasteiger partial charge < -0.3 is 14.3 Å². The second-order valence-corrected chi connectivity index (χ2v) is 5.89. The Morgan fingerprint density at radius 1 is 1.19 bits per heavy atom. The number of carbonyl (C=O) groups excluding carboxylic acids is 3. The zero-order chi connectivity index (χ0) is 16.0. The molecule has 0 aliphatic rings. The molecule has 0 aromatic heterocycles. The van der Waals surface area contributed by atoms with E-state index in [2.05, 4.69) is 0 Å². The third-order valence-corrected chi connectivity index (χ3v) is 3.40. The van der Waals surface area contributed by atoms with Gasteiger partial charge in [-0.15, -0.1) is 0 Å². The SMILES string of the molecule is Cc1cc(C)c(C(C)(C)CC=O)c(OC(=O)CCC=O)c1. The smallest absolute Gasteiger partial charge is 0.311 e. The molecule has 0 aliphatic heterocycles. The fourth-order valence-corrected chi connectivity index (χ4v) is 2.54. The lowest BCUT2D eigenvalue weighted by molar-refractivity contribution is -0.135. The van der Waals surface area contributed by atoms with Gasteiger partial charge in [0.15, 0.2) is 0 Å². The number of hydrogen-bond acceptors (Lipinski definition) is 4. The van der Waals surface area contributed by atoms with Gasteiger partial charge in [0.25, 0.3) is 0 Å². The fourth-order valence-electron chi connectivity index (χ4n) is 2.54. The summed E-state index contributed by atoms with van der Waals surface area (Å²) in [4.78, 5) is 33.0. The number of hydrogen-bond donors (Lipinski definition) is 0. The van der Waals surface area contributed by atoms with E-state index < -0.39 is 11.4 Å². The summed E-state index contributed by atoms with van der Waals surface area (Å²) in [6.07, 6.45) is 2.12. The standard InChI is InChI=1S/C17H22O4/c1-12-10-13(2)16(17(3,4)7-9-19)14(11-12)21-15(20)6-5-8-18/h8-11H,5-7H2,1-4H3. The van der Waals surface area contributed by atoms with Crippen molar-refractivity contribution in [2.75, 3.05) is 0 Å². The zero-order valence-electron chi connectivity index (χ0n) is 13.1. The summed E-state index contributed by atoms with van der Waals surface area (Å²) >= 11 is 0. The van der Waals surface area contributed by atoms with Crippen LogP contribution >= 0.6 is 0 Å². The molecular weight excluding hydrogens is 268 g/mol. The predicted octanol–water partition coefficient (Wildman–Crippen LogP) is 3.05. The minimum atomic E-state index is -0.435. The molecule has 0 unspecified atom stereocenters. The molecule has 0 fully saturated rings. The lowest BCUT2D eigenvalue weighted by Gasteiger charge is -2.27. The van der Waals surface area contributed by atoms with Gasteiger partial charge in [0.2, 0.25) is 0 Å². The minimum absolute atomic E-state index is 0.0596.